The number of rotatable bonds is 5. The van der Waals surface area contributed by atoms with Crippen molar-refractivity contribution in [2.45, 2.75) is 4.90 Å². The Hall–Kier alpha value is -2.16. The van der Waals surface area contributed by atoms with Crippen LogP contribution in [0, 0.1) is 5.82 Å². The van der Waals surface area contributed by atoms with Gasteiger partial charge in [0, 0.05) is 10.7 Å². The van der Waals surface area contributed by atoms with Crippen molar-refractivity contribution in [3.8, 4) is 0 Å². The molecule has 0 spiro atoms. The Bertz CT molecular complexity index is 826. The average molecular weight is 358 g/mol. The third-order valence-corrected chi connectivity index (χ3v) is 4.00. The summed E-state index contributed by atoms with van der Waals surface area (Å²) in [5.74, 6) is -0.995. The molecule has 0 unspecified atom stereocenters. The number of primary sulfonamides is 1. The van der Waals surface area contributed by atoms with Crippen LogP contribution in [0.15, 0.2) is 47.4 Å². The van der Waals surface area contributed by atoms with Gasteiger partial charge in [-0.15, -0.1) is 0 Å². The van der Waals surface area contributed by atoms with Gasteiger partial charge < -0.3 is 10.6 Å². The van der Waals surface area contributed by atoms with Gasteiger partial charge in [-0.2, -0.15) is 0 Å². The first-order chi connectivity index (χ1) is 10.8. The summed E-state index contributed by atoms with van der Waals surface area (Å²) in [6.07, 6.45) is 0. The normalized spacial score (nSPS) is 11.1. The summed E-state index contributed by atoms with van der Waals surface area (Å²) in [4.78, 5) is 11.7. The minimum absolute atomic E-state index is 0.0585. The SMILES string of the molecule is NS(=O)(=O)c1ccc(NC(=O)CNc2ccc(Cl)cc2F)cc1. The number of nitrogens with two attached hydrogens (primary N) is 1. The summed E-state index contributed by atoms with van der Waals surface area (Å²) in [6.45, 7) is -0.171. The van der Waals surface area contributed by atoms with Crippen molar-refractivity contribution < 1.29 is 17.6 Å². The molecule has 2 aromatic rings. The summed E-state index contributed by atoms with van der Waals surface area (Å²) < 4.78 is 35.8. The van der Waals surface area contributed by atoms with Crippen molar-refractivity contribution in [2.24, 2.45) is 5.14 Å². The molecule has 0 aliphatic carbocycles. The van der Waals surface area contributed by atoms with Crippen molar-refractivity contribution in [1.82, 2.24) is 0 Å². The zero-order valence-electron chi connectivity index (χ0n) is 11.7. The monoisotopic (exact) mass is 357 g/mol. The maximum Gasteiger partial charge on any atom is 0.243 e. The lowest BCUT2D eigenvalue weighted by molar-refractivity contribution is -0.114. The quantitative estimate of drug-likeness (QED) is 0.763. The molecular formula is C14H13ClFN3O3S. The first kappa shape index (κ1) is 17.2. The molecule has 0 saturated heterocycles. The Balaban J connectivity index is 1.94. The standard InChI is InChI=1S/C14H13ClFN3O3S/c15-9-1-6-13(12(16)7-9)18-8-14(20)19-10-2-4-11(5-3-10)23(17,21)22/h1-7,18H,8H2,(H,19,20)(H2,17,21,22). The number of halogens is 2. The van der Waals surface area contributed by atoms with Crippen LogP contribution < -0.4 is 15.8 Å². The topological polar surface area (TPSA) is 101 Å². The second kappa shape index (κ2) is 6.95. The van der Waals surface area contributed by atoms with Crippen molar-refractivity contribution >= 4 is 38.9 Å². The number of sulfonamides is 1. The lowest BCUT2D eigenvalue weighted by atomic mass is 10.3. The first-order valence-corrected chi connectivity index (χ1v) is 8.30. The number of benzene rings is 2. The third-order valence-electron chi connectivity index (χ3n) is 2.84. The fourth-order valence-electron chi connectivity index (χ4n) is 1.74. The molecule has 0 saturated carbocycles. The molecule has 122 valence electrons. The summed E-state index contributed by atoms with van der Waals surface area (Å²) in [5.41, 5.74) is 0.537. The van der Waals surface area contributed by atoms with E-state index in [9.17, 15) is 17.6 Å². The summed E-state index contributed by atoms with van der Waals surface area (Å²) in [6, 6.07) is 9.41. The predicted octanol–water partition coefficient (Wildman–Crippen LogP) is 2.18. The second-order valence-electron chi connectivity index (χ2n) is 4.60. The molecule has 2 aromatic carbocycles. The van der Waals surface area contributed by atoms with Crippen LogP contribution in [0.25, 0.3) is 0 Å². The van der Waals surface area contributed by atoms with Crippen molar-refractivity contribution in [1.29, 1.82) is 0 Å². The van der Waals surface area contributed by atoms with Crippen LogP contribution in [-0.2, 0) is 14.8 Å². The van der Waals surface area contributed by atoms with E-state index in [1.54, 1.807) is 0 Å². The van der Waals surface area contributed by atoms with Gasteiger partial charge in [-0.1, -0.05) is 11.6 Å². The molecule has 6 nitrogen and oxygen atoms in total. The Morgan fingerprint density at radius 2 is 1.83 bits per heavy atom. The number of carbonyl (C=O) groups is 1. The zero-order valence-corrected chi connectivity index (χ0v) is 13.3. The van der Waals surface area contributed by atoms with Gasteiger partial charge >= 0.3 is 0 Å². The van der Waals surface area contributed by atoms with E-state index in [2.05, 4.69) is 10.6 Å². The van der Waals surface area contributed by atoms with E-state index < -0.39 is 21.7 Å². The van der Waals surface area contributed by atoms with Crippen LogP contribution in [-0.4, -0.2) is 20.9 Å². The largest absolute Gasteiger partial charge is 0.374 e. The lowest BCUT2D eigenvalue weighted by Gasteiger charge is -2.09. The van der Waals surface area contributed by atoms with Gasteiger partial charge in [0.1, 0.15) is 5.82 Å². The van der Waals surface area contributed by atoms with Gasteiger partial charge in [-0.05, 0) is 42.5 Å². The number of nitrogens with one attached hydrogen (secondary N) is 2. The molecule has 1 amide bonds. The molecule has 4 N–H and O–H groups in total. The van der Waals surface area contributed by atoms with Crippen LogP contribution in [0.3, 0.4) is 0 Å². The fourth-order valence-corrected chi connectivity index (χ4v) is 2.42. The molecule has 2 rings (SSSR count). The van der Waals surface area contributed by atoms with Crippen LogP contribution in [0.4, 0.5) is 15.8 Å². The first-order valence-electron chi connectivity index (χ1n) is 6.37. The molecule has 23 heavy (non-hydrogen) atoms. The van der Waals surface area contributed by atoms with Crippen LogP contribution in [0.5, 0.6) is 0 Å². The van der Waals surface area contributed by atoms with E-state index in [0.717, 1.165) is 6.07 Å². The average Bonchev–Trinajstić information content (AvgIpc) is 2.46. The molecule has 0 radical (unpaired) electrons. The highest BCUT2D eigenvalue weighted by Gasteiger charge is 2.09. The number of amides is 1. The van der Waals surface area contributed by atoms with Crippen molar-refractivity contribution in [3.63, 3.8) is 0 Å². The molecule has 0 aliphatic rings. The van der Waals surface area contributed by atoms with Gasteiger partial charge in [-0.3, -0.25) is 4.79 Å². The zero-order chi connectivity index (χ0) is 17.0. The highest BCUT2D eigenvalue weighted by atomic mass is 35.5. The Morgan fingerprint density at radius 3 is 2.39 bits per heavy atom. The highest BCUT2D eigenvalue weighted by molar-refractivity contribution is 7.89. The molecule has 0 heterocycles. The van der Waals surface area contributed by atoms with E-state index >= 15 is 0 Å². The minimum atomic E-state index is -3.78. The molecule has 0 atom stereocenters. The highest BCUT2D eigenvalue weighted by Crippen LogP contribution is 2.18. The summed E-state index contributed by atoms with van der Waals surface area (Å²) in [7, 11) is -3.78. The van der Waals surface area contributed by atoms with Crippen molar-refractivity contribution in [3.05, 3.63) is 53.3 Å². The number of carbonyl (C=O) groups excluding carboxylic acids is 1. The number of hydrogen-bond acceptors (Lipinski definition) is 4. The van der Waals surface area contributed by atoms with Crippen LogP contribution >= 0.6 is 11.6 Å². The second-order valence-corrected chi connectivity index (χ2v) is 6.59. The Kier molecular flexibility index (Phi) is 5.19. The molecule has 0 bridgehead atoms. The van der Waals surface area contributed by atoms with E-state index in [1.165, 1.54) is 36.4 Å². The van der Waals surface area contributed by atoms with Gasteiger partial charge in [-0.25, -0.2) is 17.9 Å². The fraction of sp³-hybridized carbons (Fsp3) is 0.0714. The lowest BCUT2D eigenvalue weighted by Crippen LogP contribution is -2.22. The third kappa shape index (κ3) is 4.92. The van der Waals surface area contributed by atoms with Gasteiger partial charge in [0.05, 0.1) is 17.1 Å². The number of hydrogen-bond donors (Lipinski definition) is 3. The molecule has 9 heteroatoms. The van der Waals surface area contributed by atoms with E-state index in [4.69, 9.17) is 16.7 Å². The Morgan fingerprint density at radius 1 is 1.17 bits per heavy atom. The molecule has 0 fully saturated rings. The number of anilines is 2. The minimum Gasteiger partial charge on any atom is -0.374 e. The smallest absolute Gasteiger partial charge is 0.243 e. The van der Waals surface area contributed by atoms with Crippen molar-refractivity contribution in [2.75, 3.05) is 17.2 Å². The van der Waals surface area contributed by atoms with Crippen LogP contribution in [0.1, 0.15) is 0 Å². The molecular weight excluding hydrogens is 345 g/mol. The summed E-state index contributed by atoms with van der Waals surface area (Å²) >= 11 is 5.63. The maximum atomic E-state index is 13.5. The molecule has 0 aliphatic heterocycles. The van der Waals surface area contributed by atoms with Crippen LogP contribution in [0.2, 0.25) is 5.02 Å². The van der Waals surface area contributed by atoms with E-state index in [-0.39, 0.29) is 22.2 Å². The summed E-state index contributed by atoms with van der Waals surface area (Å²) in [5, 5.41) is 10.4. The molecule has 0 aromatic heterocycles. The van der Waals surface area contributed by atoms with E-state index in [1.807, 2.05) is 0 Å². The van der Waals surface area contributed by atoms with Gasteiger partial charge in [0.2, 0.25) is 15.9 Å². The van der Waals surface area contributed by atoms with Gasteiger partial charge in [0.15, 0.2) is 0 Å². The maximum absolute atomic E-state index is 13.5. The van der Waals surface area contributed by atoms with E-state index in [0.29, 0.717) is 5.69 Å². The predicted molar refractivity (Wildman–Crippen MR) is 86.3 cm³/mol. The van der Waals surface area contributed by atoms with Gasteiger partial charge in [0.25, 0.3) is 0 Å². The Labute approximate surface area is 137 Å².